The lowest BCUT2D eigenvalue weighted by molar-refractivity contribution is 0.202. The summed E-state index contributed by atoms with van der Waals surface area (Å²) in [6.45, 7) is 0.718. The zero-order valence-electron chi connectivity index (χ0n) is 9.65. The average Bonchev–Trinajstić information content (AvgIpc) is 3.11. The topological polar surface area (TPSA) is 47.6 Å². The van der Waals surface area contributed by atoms with Gasteiger partial charge in [-0.3, -0.25) is 0 Å². The van der Waals surface area contributed by atoms with E-state index in [1.165, 1.54) is 18.4 Å². The molecule has 2 rings (SSSR count). The van der Waals surface area contributed by atoms with Gasteiger partial charge < -0.3 is 10.5 Å². The maximum atomic E-state index is 5.93. The summed E-state index contributed by atoms with van der Waals surface area (Å²) in [6, 6.07) is 8.12. The van der Waals surface area contributed by atoms with Crippen LogP contribution in [-0.2, 0) is 11.2 Å². The van der Waals surface area contributed by atoms with Crippen LogP contribution in [0.3, 0.4) is 0 Å². The minimum atomic E-state index is 0.524. The van der Waals surface area contributed by atoms with Crippen LogP contribution >= 0.6 is 0 Å². The fourth-order valence-corrected chi connectivity index (χ4v) is 1.65. The van der Waals surface area contributed by atoms with Gasteiger partial charge in [-0.2, -0.15) is 0 Å². The van der Waals surface area contributed by atoms with Crippen LogP contribution in [0.1, 0.15) is 18.4 Å². The molecule has 0 atom stereocenters. The summed E-state index contributed by atoms with van der Waals surface area (Å²) in [5.74, 6) is 1.31. The fraction of sp³-hybridized carbons (Fsp3) is 0.462. The Morgan fingerprint density at radius 2 is 2.19 bits per heavy atom. The number of nitrogens with two attached hydrogens (primary N) is 1. The van der Waals surface area contributed by atoms with Crippen LogP contribution in [0.25, 0.3) is 0 Å². The van der Waals surface area contributed by atoms with E-state index in [4.69, 9.17) is 10.5 Å². The molecule has 3 nitrogen and oxygen atoms in total. The highest BCUT2D eigenvalue weighted by molar-refractivity contribution is 5.87. The molecule has 86 valence electrons. The van der Waals surface area contributed by atoms with Crippen molar-refractivity contribution < 1.29 is 4.74 Å². The summed E-state index contributed by atoms with van der Waals surface area (Å²) < 4.78 is 5.09. The summed E-state index contributed by atoms with van der Waals surface area (Å²) in [5, 5.41) is 0. The van der Waals surface area contributed by atoms with Gasteiger partial charge >= 0.3 is 0 Å². The highest BCUT2D eigenvalue weighted by atomic mass is 16.5. The molecule has 0 radical (unpaired) electrons. The van der Waals surface area contributed by atoms with Gasteiger partial charge in [-0.05, 0) is 30.9 Å². The molecule has 0 aromatic heterocycles. The molecule has 0 bridgehead atoms. The van der Waals surface area contributed by atoms with Gasteiger partial charge in [0.1, 0.15) is 5.84 Å². The molecular formula is C13H18N2O. The first-order valence-electron chi connectivity index (χ1n) is 5.72. The Hall–Kier alpha value is -1.35. The van der Waals surface area contributed by atoms with E-state index in [0.717, 1.165) is 24.6 Å². The second-order valence-corrected chi connectivity index (χ2v) is 4.18. The van der Waals surface area contributed by atoms with Crippen molar-refractivity contribution in [2.75, 3.05) is 13.7 Å². The summed E-state index contributed by atoms with van der Waals surface area (Å²) in [5.41, 5.74) is 8.12. The van der Waals surface area contributed by atoms with E-state index >= 15 is 0 Å². The van der Waals surface area contributed by atoms with E-state index in [-0.39, 0.29) is 0 Å². The van der Waals surface area contributed by atoms with Crippen LogP contribution in [0.5, 0.6) is 0 Å². The van der Waals surface area contributed by atoms with E-state index in [1.54, 1.807) is 7.11 Å². The number of hydrogen-bond acceptors (Lipinski definition) is 2. The van der Waals surface area contributed by atoms with Crippen LogP contribution < -0.4 is 5.73 Å². The molecule has 1 aliphatic carbocycles. The van der Waals surface area contributed by atoms with Gasteiger partial charge in [0, 0.05) is 13.0 Å². The van der Waals surface area contributed by atoms with Crippen LogP contribution in [0.15, 0.2) is 29.3 Å². The van der Waals surface area contributed by atoms with Crippen LogP contribution in [0.4, 0.5) is 5.69 Å². The van der Waals surface area contributed by atoms with Crippen molar-refractivity contribution in [3.8, 4) is 0 Å². The number of hydrogen-bond donors (Lipinski definition) is 1. The van der Waals surface area contributed by atoms with Crippen molar-refractivity contribution >= 4 is 11.5 Å². The zero-order valence-corrected chi connectivity index (χ0v) is 9.65. The van der Waals surface area contributed by atoms with Gasteiger partial charge in [0.2, 0.25) is 0 Å². The third kappa shape index (κ3) is 2.83. The van der Waals surface area contributed by atoms with Crippen LogP contribution in [0.2, 0.25) is 0 Å². The smallest absolute Gasteiger partial charge is 0.103 e. The van der Waals surface area contributed by atoms with Gasteiger partial charge in [-0.15, -0.1) is 0 Å². The molecule has 0 saturated heterocycles. The lowest BCUT2D eigenvalue weighted by Crippen LogP contribution is -2.13. The van der Waals surface area contributed by atoms with E-state index < -0.39 is 0 Å². The highest BCUT2D eigenvalue weighted by Crippen LogP contribution is 2.30. The van der Waals surface area contributed by atoms with E-state index in [9.17, 15) is 0 Å². The Bertz CT molecular complexity index is 383. The van der Waals surface area contributed by atoms with Crippen molar-refractivity contribution in [1.82, 2.24) is 0 Å². The van der Waals surface area contributed by atoms with Crippen molar-refractivity contribution in [1.29, 1.82) is 0 Å². The standard InChI is InChI=1S/C13H18N2O/c1-16-9-8-10-4-2-3-5-12(10)15-13(14)11-6-7-11/h2-5,11H,6-9H2,1H3,(H2,14,15). The minimum absolute atomic E-state index is 0.524. The predicted molar refractivity (Wildman–Crippen MR) is 66.0 cm³/mol. The molecule has 1 fully saturated rings. The number of rotatable bonds is 5. The van der Waals surface area contributed by atoms with Crippen molar-refractivity contribution in [2.24, 2.45) is 16.6 Å². The van der Waals surface area contributed by atoms with Gasteiger partial charge in [-0.25, -0.2) is 4.99 Å². The average molecular weight is 218 g/mol. The first kappa shape index (κ1) is 11.1. The van der Waals surface area contributed by atoms with Gasteiger partial charge in [0.05, 0.1) is 12.3 Å². The number of nitrogens with zero attached hydrogens (tertiary/aromatic N) is 1. The van der Waals surface area contributed by atoms with Gasteiger partial charge in [0.15, 0.2) is 0 Å². The summed E-state index contributed by atoms with van der Waals surface area (Å²) in [6.07, 6.45) is 3.26. The fourth-order valence-electron chi connectivity index (χ4n) is 1.65. The monoisotopic (exact) mass is 218 g/mol. The Morgan fingerprint density at radius 1 is 1.44 bits per heavy atom. The first-order chi connectivity index (χ1) is 7.81. The molecular weight excluding hydrogens is 200 g/mol. The molecule has 0 aliphatic heterocycles. The SMILES string of the molecule is COCCc1ccccc1N=C(N)C1CC1. The van der Waals surface area contributed by atoms with Crippen LogP contribution in [-0.4, -0.2) is 19.6 Å². The lowest BCUT2D eigenvalue weighted by Gasteiger charge is -2.05. The second kappa shape index (κ2) is 5.12. The molecule has 0 spiro atoms. The normalized spacial score (nSPS) is 16.4. The molecule has 1 aromatic carbocycles. The Kier molecular flexibility index (Phi) is 3.57. The number of ether oxygens (including phenoxy) is 1. The second-order valence-electron chi connectivity index (χ2n) is 4.18. The molecule has 0 amide bonds. The molecule has 1 aliphatic rings. The van der Waals surface area contributed by atoms with E-state index in [0.29, 0.717) is 5.92 Å². The number of methoxy groups -OCH3 is 1. The van der Waals surface area contributed by atoms with Gasteiger partial charge in [0.25, 0.3) is 0 Å². The zero-order chi connectivity index (χ0) is 11.4. The van der Waals surface area contributed by atoms with Crippen molar-refractivity contribution in [3.05, 3.63) is 29.8 Å². The largest absolute Gasteiger partial charge is 0.387 e. The molecule has 3 heteroatoms. The van der Waals surface area contributed by atoms with Crippen molar-refractivity contribution in [2.45, 2.75) is 19.3 Å². The maximum Gasteiger partial charge on any atom is 0.103 e. The van der Waals surface area contributed by atoms with Crippen molar-refractivity contribution in [3.63, 3.8) is 0 Å². The summed E-state index contributed by atoms with van der Waals surface area (Å²) >= 11 is 0. The maximum absolute atomic E-state index is 5.93. The number of benzene rings is 1. The summed E-state index contributed by atoms with van der Waals surface area (Å²) in [7, 11) is 1.71. The van der Waals surface area contributed by atoms with E-state index in [1.807, 2.05) is 18.2 Å². The Morgan fingerprint density at radius 3 is 2.88 bits per heavy atom. The third-order valence-electron chi connectivity index (χ3n) is 2.81. The first-order valence-corrected chi connectivity index (χ1v) is 5.72. The quantitative estimate of drug-likeness (QED) is 0.608. The Balaban J connectivity index is 2.15. The highest BCUT2D eigenvalue weighted by Gasteiger charge is 2.25. The lowest BCUT2D eigenvalue weighted by atomic mass is 10.1. The Labute approximate surface area is 96.3 Å². The van der Waals surface area contributed by atoms with Gasteiger partial charge in [-0.1, -0.05) is 18.2 Å². The molecule has 0 unspecified atom stereocenters. The molecule has 0 heterocycles. The molecule has 1 saturated carbocycles. The third-order valence-corrected chi connectivity index (χ3v) is 2.81. The number of amidine groups is 1. The van der Waals surface area contributed by atoms with E-state index in [2.05, 4.69) is 11.1 Å². The van der Waals surface area contributed by atoms with Crippen LogP contribution in [0, 0.1) is 5.92 Å². The number of aliphatic imine (C=N–C) groups is 1. The minimum Gasteiger partial charge on any atom is -0.387 e. The molecule has 1 aromatic rings. The molecule has 16 heavy (non-hydrogen) atoms. The molecule has 2 N–H and O–H groups in total. The summed E-state index contributed by atoms with van der Waals surface area (Å²) in [4.78, 5) is 4.51. The predicted octanol–water partition coefficient (Wildman–Crippen LogP) is 2.27. The number of para-hydroxylation sites is 1.